The van der Waals surface area contributed by atoms with E-state index in [4.69, 9.17) is 23.2 Å². The Bertz CT molecular complexity index is 535. The zero-order valence-electron chi connectivity index (χ0n) is 13.2. The van der Waals surface area contributed by atoms with E-state index >= 15 is 0 Å². The Kier molecular flexibility index (Phi) is 7.69. The van der Waals surface area contributed by atoms with Gasteiger partial charge in [-0.25, -0.2) is 0 Å². The summed E-state index contributed by atoms with van der Waals surface area (Å²) < 4.78 is 0. The predicted octanol–water partition coefficient (Wildman–Crippen LogP) is 3.65. The van der Waals surface area contributed by atoms with Crippen LogP contribution in [0.25, 0.3) is 0 Å². The van der Waals surface area contributed by atoms with Gasteiger partial charge in [0.25, 0.3) is 0 Å². The second kappa shape index (κ2) is 9.01. The van der Waals surface area contributed by atoms with Crippen LogP contribution in [0.15, 0.2) is 18.2 Å². The average Bonchev–Trinajstić information content (AvgIpc) is 2.46. The van der Waals surface area contributed by atoms with Crippen LogP contribution in [0.5, 0.6) is 0 Å². The smallest absolute Gasteiger partial charge is 0.242 e. The zero-order valence-corrected chi connectivity index (χ0v) is 14.7. The lowest BCUT2D eigenvalue weighted by Gasteiger charge is -2.29. The van der Waals surface area contributed by atoms with E-state index in [0.717, 1.165) is 12.0 Å². The Morgan fingerprint density at radius 1 is 1.27 bits per heavy atom. The molecular formula is C16H22Cl2N2O2. The first-order valence-electron chi connectivity index (χ1n) is 7.41. The molecule has 122 valence electrons. The van der Waals surface area contributed by atoms with Crippen LogP contribution in [0.3, 0.4) is 0 Å². The standard InChI is InChI=1S/C16H22Cl2N2O2/c1-4-6-15(21)20(11(3)16(22)19-5-2)10-12-7-8-13(17)9-14(12)18/h7-9,11H,4-6,10H2,1-3H3,(H,19,22). The Morgan fingerprint density at radius 2 is 1.95 bits per heavy atom. The highest BCUT2D eigenvalue weighted by Gasteiger charge is 2.25. The van der Waals surface area contributed by atoms with Crippen molar-refractivity contribution in [2.45, 2.75) is 46.2 Å². The van der Waals surface area contributed by atoms with Crippen LogP contribution in [-0.4, -0.2) is 29.3 Å². The van der Waals surface area contributed by atoms with Gasteiger partial charge in [-0.15, -0.1) is 0 Å². The number of nitrogens with zero attached hydrogens (tertiary/aromatic N) is 1. The normalized spacial score (nSPS) is 11.9. The van der Waals surface area contributed by atoms with E-state index < -0.39 is 6.04 Å². The molecule has 1 aromatic rings. The van der Waals surface area contributed by atoms with Gasteiger partial charge >= 0.3 is 0 Å². The van der Waals surface area contributed by atoms with Gasteiger partial charge < -0.3 is 10.2 Å². The van der Waals surface area contributed by atoms with Gasteiger partial charge in [-0.1, -0.05) is 36.2 Å². The molecule has 1 atom stereocenters. The van der Waals surface area contributed by atoms with Crippen molar-refractivity contribution in [3.05, 3.63) is 33.8 Å². The van der Waals surface area contributed by atoms with Crippen molar-refractivity contribution in [3.63, 3.8) is 0 Å². The van der Waals surface area contributed by atoms with Crippen LogP contribution >= 0.6 is 23.2 Å². The highest BCUT2D eigenvalue weighted by atomic mass is 35.5. The summed E-state index contributed by atoms with van der Waals surface area (Å²) in [5.74, 6) is -0.232. The summed E-state index contributed by atoms with van der Waals surface area (Å²) in [4.78, 5) is 26.0. The number of carbonyl (C=O) groups is 2. The lowest BCUT2D eigenvalue weighted by atomic mass is 10.1. The van der Waals surface area contributed by atoms with Crippen molar-refractivity contribution in [2.75, 3.05) is 6.54 Å². The first-order chi connectivity index (χ1) is 10.4. The summed E-state index contributed by atoms with van der Waals surface area (Å²) in [7, 11) is 0. The molecule has 0 aliphatic carbocycles. The summed E-state index contributed by atoms with van der Waals surface area (Å²) in [5, 5.41) is 3.77. The van der Waals surface area contributed by atoms with E-state index in [9.17, 15) is 9.59 Å². The fourth-order valence-corrected chi connectivity index (χ4v) is 2.56. The number of carbonyl (C=O) groups excluding carboxylic acids is 2. The third kappa shape index (κ3) is 5.18. The minimum absolute atomic E-state index is 0.0627. The van der Waals surface area contributed by atoms with Gasteiger partial charge in [0, 0.05) is 29.6 Å². The van der Waals surface area contributed by atoms with Crippen LogP contribution in [-0.2, 0) is 16.1 Å². The molecule has 0 fully saturated rings. The van der Waals surface area contributed by atoms with Crippen molar-refractivity contribution in [2.24, 2.45) is 0 Å². The second-order valence-electron chi connectivity index (χ2n) is 5.08. The molecule has 1 rings (SSSR count). The molecule has 0 saturated carbocycles. The van der Waals surface area contributed by atoms with E-state index in [1.165, 1.54) is 0 Å². The minimum Gasteiger partial charge on any atom is -0.355 e. The SMILES string of the molecule is CCCC(=O)N(Cc1ccc(Cl)cc1Cl)C(C)C(=O)NCC. The minimum atomic E-state index is -0.550. The maximum Gasteiger partial charge on any atom is 0.242 e. The Hall–Kier alpha value is -1.26. The first kappa shape index (κ1) is 18.8. The van der Waals surface area contributed by atoms with Crippen molar-refractivity contribution >= 4 is 35.0 Å². The number of halogens is 2. The molecule has 0 aliphatic heterocycles. The summed E-state index contributed by atoms with van der Waals surface area (Å²) >= 11 is 12.1. The number of hydrogen-bond donors (Lipinski definition) is 1. The number of nitrogens with one attached hydrogen (secondary N) is 1. The molecular weight excluding hydrogens is 323 g/mol. The maximum absolute atomic E-state index is 12.4. The van der Waals surface area contributed by atoms with Crippen LogP contribution in [0.1, 0.15) is 39.2 Å². The fraction of sp³-hybridized carbons (Fsp3) is 0.500. The number of benzene rings is 1. The molecule has 4 nitrogen and oxygen atoms in total. The zero-order chi connectivity index (χ0) is 16.7. The van der Waals surface area contributed by atoms with Gasteiger partial charge in [0.15, 0.2) is 0 Å². The molecule has 1 unspecified atom stereocenters. The van der Waals surface area contributed by atoms with Crippen LogP contribution in [0.2, 0.25) is 10.0 Å². The van der Waals surface area contributed by atoms with Gasteiger partial charge in [-0.2, -0.15) is 0 Å². The molecule has 1 N–H and O–H groups in total. The summed E-state index contributed by atoms with van der Waals surface area (Å²) in [6.45, 7) is 6.32. The van der Waals surface area contributed by atoms with Crippen LogP contribution < -0.4 is 5.32 Å². The quantitative estimate of drug-likeness (QED) is 0.820. The number of rotatable bonds is 7. The molecule has 0 aromatic heterocycles. The molecule has 22 heavy (non-hydrogen) atoms. The molecule has 6 heteroatoms. The van der Waals surface area contributed by atoms with Crippen molar-refractivity contribution < 1.29 is 9.59 Å². The van der Waals surface area contributed by atoms with E-state index in [1.807, 2.05) is 13.8 Å². The Morgan fingerprint density at radius 3 is 2.50 bits per heavy atom. The summed E-state index contributed by atoms with van der Waals surface area (Å²) in [5.41, 5.74) is 0.770. The predicted molar refractivity (Wildman–Crippen MR) is 90.1 cm³/mol. The molecule has 0 saturated heterocycles. The van der Waals surface area contributed by atoms with Gasteiger partial charge in [-0.3, -0.25) is 9.59 Å². The molecule has 0 heterocycles. The fourth-order valence-electron chi connectivity index (χ4n) is 2.10. The Labute approximate surface area is 141 Å². The Balaban J connectivity index is 2.99. The monoisotopic (exact) mass is 344 g/mol. The van der Waals surface area contributed by atoms with E-state index in [0.29, 0.717) is 23.0 Å². The molecule has 2 amide bonds. The van der Waals surface area contributed by atoms with Crippen molar-refractivity contribution in [1.82, 2.24) is 10.2 Å². The van der Waals surface area contributed by atoms with Crippen molar-refractivity contribution in [1.29, 1.82) is 0 Å². The molecule has 0 aliphatic rings. The summed E-state index contributed by atoms with van der Waals surface area (Å²) in [6.07, 6.45) is 1.13. The van der Waals surface area contributed by atoms with Gasteiger partial charge in [0.05, 0.1) is 0 Å². The second-order valence-corrected chi connectivity index (χ2v) is 5.92. The number of amides is 2. The largest absolute Gasteiger partial charge is 0.355 e. The number of hydrogen-bond acceptors (Lipinski definition) is 2. The van der Waals surface area contributed by atoms with Crippen LogP contribution in [0, 0.1) is 0 Å². The topological polar surface area (TPSA) is 49.4 Å². The lowest BCUT2D eigenvalue weighted by Crippen LogP contribution is -2.47. The molecule has 0 radical (unpaired) electrons. The maximum atomic E-state index is 12.4. The van der Waals surface area contributed by atoms with Gasteiger partial charge in [0.1, 0.15) is 6.04 Å². The first-order valence-corrected chi connectivity index (χ1v) is 8.17. The van der Waals surface area contributed by atoms with E-state index in [1.54, 1.807) is 30.0 Å². The van der Waals surface area contributed by atoms with E-state index in [2.05, 4.69) is 5.32 Å². The molecule has 0 bridgehead atoms. The molecule has 1 aromatic carbocycles. The van der Waals surface area contributed by atoms with Gasteiger partial charge in [-0.05, 0) is 38.0 Å². The van der Waals surface area contributed by atoms with Crippen molar-refractivity contribution in [3.8, 4) is 0 Å². The van der Waals surface area contributed by atoms with Gasteiger partial charge in [0.2, 0.25) is 11.8 Å². The molecule has 0 spiro atoms. The number of likely N-dealkylation sites (N-methyl/N-ethyl adjacent to an activating group) is 1. The highest BCUT2D eigenvalue weighted by molar-refractivity contribution is 6.35. The third-order valence-corrected chi connectivity index (χ3v) is 3.92. The van der Waals surface area contributed by atoms with E-state index in [-0.39, 0.29) is 18.4 Å². The third-order valence-electron chi connectivity index (χ3n) is 3.34. The highest BCUT2D eigenvalue weighted by Crippen LogP contribution is 2.23. The lowest BCUT2D eigenvalue weighted by molar-refractivity contribution is -0.140. The summed E-state index contributed by atoms with van der Waals surface area (Å²) in [6, 6.07) is 4.59. The van der Waals surface area contributed by atoms with Crippen LogP contribution in [0.4, 0.5) is 0 Å². The average molecular weight is 345 g/mol.